The number of carboxylic acid groups (broad SMARTS) is 1. The van der Waals surface area contributed by atoms with Crippen LogP contribution in [-0.2, 0) is 33.5 Å². The van der Waals surface area contributed by atoms with Crippen molar-refractivity contribution >= 4 is 35.7 Å². The van der Waals surface area contributed by atoms with Crippen LogP contribution in [0.3, 0.4) is 0 Å². The van der Waals surface area contributed by atoms with E-state index in [9.17, 15) is 28.0 Å². The van der Waals surface area contributed by atoms with Crippen molar-refractivity contribution in [1.82, 2.24) is 14.8 Å². The lowest BCUT2D eigenvalue weighted by molar-refractivity contribution is -0.697. The highest BCUT2D eigenvalue weighted by molar-refractivity contribution is 6.30. The number of aromatic amines is 1. The SMILES string of the molecule is COC(=O)C1=C(C)N(c2cccc(C(F)(F)F)c2)c2n[nH]c(=O)n2C1c1ccc(C#N)cc1CCC[n+]1cccc(Cl)c1.O=C[O-]. The van der Waals surface area contributed by atoms with Crippen LogP contribution in [0.2, 0.25) is 5.02 Å². The Kier molecular flexibility index (Phi) is 10.3. The number of rotatable bonds is 7. The minimum Gasteiger partial charge on any atom is -0.554 e. The number of halogens is 4. The third-order valence-electron chi connectivity index (χ3n) is 7.23. The summed E-state index contributed by atoms with van der Waals surface area (Å²) in [4.78, 5) is 36.2. The molecule has 4 aromatic rings. The van der Waals surface area contributed by atoms with E-state index in [4.69, 9.17) is 26.2 Å². The summed E-state index contributed by atoms with van der Waals surface area (Å²) >= 11 is 6.11. The zero-order chi connectivity index (χ0) is 33.6. The van der Waals surface area contributed by atoms with Crippen LogP contribution >= 0.6 is 11.6 Å². The molecule has 2 aromatic carbocycles. The van der Waals surface area contributed by atoms with Gasteiger partial charge >= 0.3 is 17.8 Å². The van der Waals surface area contributed by atoms with E-state index in [-0.39, 0.29) is 22.9 Å². The molecule has 3 heterocycles. The molecule has 0 saturated carbocycles. The van der Waals surface area contributed by atoms with Crippen molar-refractivity contribution in [3.05, 3.63) is 116 Å². The molecule has 1 aliphatic heterocycles. The van der Waals surface area contributed by atoms with Crippen molar-refractivity contribution in [2.24, 2.45) is 0 Å². The van der Waals surface area contributed by atoms with Crippen LogP contribution in [0, 0.1) is 11.3 Å². The van der Waals surface area contributed by atoms with Crippen LogP contribution in [0.15, 0.2) is 83.1 Å². The van der Waals surface area contributed by atoms with Gasteiger partial charge in [0.05, 0.1) is 29.9 Å². The Morgan fingerprint density at radius 1 is 1.24 bits per heavy atom. The molecule has 238 valence electrons. The molecule has 0 spiro atoms. The number of H-pyrrole nitrogens is 1. The number of nitrogens with zero attached hydrogens (tertiary/aromatic N) is 5. The van der Waals surface area contributed by atoms with Crippen molar-refractivity contribution in [3.63, 3.8) is 0 Å². The van der Waals surface area contributed by atoms with Crippen molar-refractivity contribution in [2.75, 3.05) is 12.0 Å². The highest BCUT2D eigenvalue weighted by Gasteiger charge is 2.41. The third-order valence-corrected chi connectivity index (χ3v) is 7.45. The Hall–Kier alpha value is -5.42. The summed E-state index contributed by atoms with van der Waals surface area (Å²) in [5, 5.41) is 25.0. The molecule has 0 radical (unpaired) electrons. The number of hydrogen-bond donors (Lipinski definition) is 1. The van der Waals surface area contributed by atoms with Gasteiger partial charge in [0.2, 0.25) is 5.95 Å². The standard InChI is InChI=1S/C30H24ClF3N6O3.CH2O2/c1-18-25(27(41)43-2)26(24-11-10-19(16-35)14-20(24)6-4-12-38-13-5-8-22(31)17-38)40-28(36-37-29(40)42)39(18)23-9-3-7-21(15-23)30(32,33)34;2-1-3/h3,5,7-11,13-15,17,26H,4,6,12H2,1-2H3;1H,(H,2,3). The number of benzene rings is 2. The van der Waals surface area contributed by atoms with Crippen LogP contribution in [0.4, 0.5) is 24.8 Å². The number of methoxy groups -OCH3 is 1. The van der Waals surface area contributed by atoms with Gasteiger partial charge in [0.25, 0.3) is 0 Å². The summed E-state index contributed by atoms with van der Waals surface area (Å²) in [5.41, 5.74) is 0.350. The summed E-state index contributed by atoms with van der Waals surface area (Å²) < 4.78 is 49.1. The topological polar surface area (TPSA) is 148 Å². The van der Waals surface area contributed by atoms with Crippen LogP contribution < -0.4 is 20.3 Å². The van der Waals surface area contributed by atoms with Crippen molar-refractivity contribution < 1.29 is 37.2 Å². The molecular weight excluding hydrogens is 629 g/mol. The molecule has 11 nitrogen and oxygen atoms in total. The number of ether oxygens (including phenoxy) is 1. The lowest BCUT2D eigenvalue weighted by atomic mass is 9.88. The normalized spacial score (nSPS) is 14.1. The number of aryl methyl sites for hydroxylation is 2. The lowest BCUT2D eigenvalue weighted by Crippen LogP contribution is -2.38. The molecule has 46 heavy (non-hydrogen) atoms. The first-order valence-electron chi connectivity index (χ1n) is 13.6. The number of alkyl halides is 3. The molecule has 0 bridgehead atoms. The predicted octanol–water partition coefficient (Wildman–Crippen LogP) is 3.59. The Bertz CT molecular complexity index is 1900. The molecule has 1 atom stereocenters. The minimum atomic E-state index is -4.62. The molecule has 1 aliphatic rings. The van der Waals surface area contributed by atoms with Gasteiger partial charge in [-0.3, -0.25) is 4.90 Å². The van der Waals surface area contributed by atoms with Gasteiger partial charge < -0.3 is 14.6 Å². The van der Waals surface area contributed by atoms with Gasteiger partial charge in [0, 0.05) is 30.3 Å². The molecule has 1 N–H and O–H groups in total. The first-order valence-corrected chi connectivity index (χ1v) is 14.0. The summed E-state index contributed by atoms with van der Waals surface area (Å²) in [7, 11) is 1.18. The fraction of sp³-hybridized carbons (Fsp3) is 0.226. The van der Waals surface area contributed by atoms with E-state index in [0.29, 0.717) is 41.1 Å². The number of nitriles is 1. The average molecular weight is 655 g/mol. The predicted molar refractivity (Wildman–Crippen MR) is 156 cm³/mol. The van der Waals surface area contributed by atoms with E-state index in [1.54, 1.807) is 37.4 Å². The molecule has 1 unspecified atom stereocenters. The number of carbonyl (C=O) groups excluding carboxylic acids is 2. The highest BCUT2D eigenvalue weighted by atomic mass is 35.5. The van der Waals surface area contributed by atoms with Crippen LogP contribution in [-0.4, -0.2) is 34.3 Å². The van der Waals surface area contributed by atoms with Gasteiger partial charge in [-0.05, 0) is 60.9 Å². The number of anilines is 2. The Balaban J connectivity index is 0.00000154. The second kappa shape index (κ2) is 14.1. The number of allylic oxidation sites excluding steroid dienone is 1. The Morgan fingerprint density at radius 2 is 1.98 bits per heavy atom. The fourth-order valence-electron chi connectivity index (χ4n) is 5.32. The molecule has 0 amide bonds. The smallest absolute Gasteiger partial charge is 0.416 e. The number of carbonyl (C=O) groups is 2. The van der Waals surface area contributed by atoms with Crippen LogP contribution in [0.25, 0.3) is 0 Å². The number of hydrogen-bond acceptors (Lipinski definition) is 8. The van der Waals surface area contributed by atoms with E-state index in [1.165, 1.54) is 28.7 Å². The summed E-state index contributed by atoms with van der Waals surface area (Å²) in [6.07, 6.45) is 0.132. The van der Waals surface area contributed by atoms with Crippen LogP contribution in [0.1, 0.15) is 41.6 Å². The largest absolute Gasteiger partial charge is 0.554 e. The minimum absolute atomic E-state index is 0.00993. The van der Waals surface area contributed by atoms with Gasteiger partial charge in [0.1, 0.15) is 17.6 Å². The molecule has 0 saturated heterocycles. The monoisotopic (exact) mass is 654 g/mol. The highest BCUT2D eigenvalue weighted by Crippen LogP contribution is 2.43. The average Bonchev–Trinajstić information content (AvgIpc) is 3.40. The maximum absolute atomic E-state index is 13.6. The van der Waals surface area contributed by atoms with Gasteiger partial charge in [-0.15, -0.1) is 5.10 Å². The molecule has 0 fully saturated rings. The maximum atomic E-state index is 13.6. The van der Waals surface area contributed by atoms with E-state index < -0.39 is 35.9 Å². The fourth-order valence-corrected chi connectivity index (χ4v) is 5.52. The zero-order valence-corrected chi connectivity index (χ0v) is 25.2. The molecular formula is C31H26ClF3N6O5. The van der Waals surface area contributed by atoms with Gasteiger partial charge in [-0.1, -0.05) is 23.7 Å². The quantitative estimate of drug-likeness (QED) is 0.181. The van der Waals surface area contributed by atoms with E-state index >= 15 is 0 Å². The van der Waals surface area contributed by atoms with Crippen LogP contribution in [0.5, 0.6) is 0 Å². The van der Waals surface area contributed by atoms with E-state index in [2.05, 4.69) is 16.3 Å². The van der Waals surface area contributed by atoms with Gasteiger partial charge in [-0.25, -0.2) is 23.8 Å². The molecule has 0 aliphatic carbocycles. The third kappa shape index (κ3) is 6.94. The van der Waals surface area contributed by atoms with Gasteiger partial charge in [0.15, 0.2) is 12.4 Å². The first-order chi connectivity index (χ1) is 21.9. The second-order valence-corrected chi connectivity index (χ2v) is 10.4. The summed E-state index contributed by atoms with van der Waals surface area (Å²) in [6.45, 7) is 1.65. The van der Waals surface area contributed by atoms with E-state index in [0.717, 1.165) is 12.1 Å². The Labute approximate surface area is 265 Å². The number of nitrogens with one attached hydrogen (secondary N) is 1. The van der Waals surface area contributed by atoms with Crippen molar-refractivity contribution in [3.8, 4) is 6.07 Å². The summed E-state index contributed by atoms with van der Waals surface area (Å²) in [6, 6.07) is 14.1. The van der Waals surface area contributed by atoms with Crippen molar-refractivity contribution in [1.29, 1.82) is 5.26 Å². The Morgan fingerprint density at radius 3 is 2.63 bits per heavy atom. The number of pyridine rings is 1. The van der Waals surface area contributed by atoms with Gasteiger partial charge in [-0.2, -0.15) is 18.4 Å². The lowest BCUT2D eigenvalue weighted by Gasteiger charge is -2.36. The number of aromatic nitrogens is 4. The second-order valence-electron chi connectivity index (χ2n) is 9.96. The maximum Gasteiger partial charge on any atom is 0.416 e. The first kappa shape index (κ1) is 33.5. The zero-order valence-electron chi connectivity index (χ0n) is 24.4. The summed E-state index contributed by atoms with van der Waals surface area (Å²) in [5.74, 6) is -0.785. The molecule has 2 aromatic heterocycles. The van der Waals surface area contributed by atoms with Crippen molar-refractivity contribution in [2.45, 2.75) is 38.5 Å². The number of fused-ring (bicyclic) bond motifs is 1. The number of esters is 1. The molecule has 15 heteroatoms. The molecule has 5 rings (SSSR count). The van der Waals surface area contributed by atoms with E-state index in [1.807, 2.05) is 16.8 Å².